The molecule has 0 bridgehead atoms. The summed E-state index contributed by atoms with van der Waals surface area (Å²) in [5.74, 6) is -0.764. The second-order valence-corrected chi connectivity index (χ2v) is 9.07. The lowest BCUT2D eigenvalue weighted by atomic mass is 10.0. The zero-order valence-electron chi connectivity index (χ0n) is 19.0. The SMILES string of the molecule is Cc1ccc(COc2ccc(/C=C3\C(=O)NC(=O)N(c4cc(C)ccc4C)C3=O)cc2Br)cc1. The number of urea groups is 1. The maximum Gasteiger partial charge on any atom is 0.335 e. The highest BCUT2D eigenvalue weighted by Crippen LogP contribution is 2.30. The van der Waals surface area contributed by atoms with Gasteiger partial charge in [0.15, 0.2) is 0 Å². The van der Waals surface area contributed by atoms with Crippen molar-refractivity contribution in [2.75, 3.05) is 4.90 Å². The van der Waals surface area contributed by atoms with Crippen LogP contribution in [0.15, 0.2) is 70.7 Å². The predicted molar refractivity (Wildman–Crippen MR) is 135 cm³/mol. The minimum absolute atomic E-state index is 0.124. The first-order valence-electron chi connectivity index (χ1n) is 10.7. The minimum Gasteiger partial charge on any atom is -0.488 e. The van der Waals surface area contributed by atoms with E-state index in [9.17, 15) is 14.4 Å². The summed E-state index contributed by atoms with van der Waals surface area (Å²) in [6.45, 7) is 6.12. The average molecular weight is 519 g/mol. The van der Waals surface area contributed by atoms with Crippen molar-refractivity contribution >= 4 is 45.5 Å². The van der Waals surface area contributed by atoms with Crippen LogP contribution in [0.3, 0.4) is 0 Å². The van der Waals surface area contributed by atoms with Gasteiger partial charge in [0.1, 0.15) is 17.9 Å². The van der Waals surface area contributed by atoms with E-state index < -0.39 is 17.8 Å². The van der Waals surface area contributed by atoms with E-state index in [1.807, 2.05) is 57.2 Å². The van der Waals surface area contributed by atoms with Crippen molar-refractivity contribution in [3.63, 3.8) is 0 Å². The van der Waals surface area contributed by atoms with E-state index in [-0.39, 0.29) is 5.57 Å². The Kier molecular flexibility index (Phi) is 6.65. The highest BCUT2D eigenvalue weighted by molar-refractivity contribution is 9.10. The van der Waals surface area contributed by atoms with E-state index in [0.717, 1.165) is 21.6 Å². The molecule has 34 heavy (non-hydrogen) atoms. The van der Waals surface area contributed by atoms with Crippen molar-refractivity contribution in [3.05, 3.63) is 98.5 Å². The number of nitrogens with one attached hydrogen (secondary N) is 1. The molecule has 4 rings (SSSR count). The summed E-state index contributed by atoms with van der Waals surface area (Å²) < 4.78 is 6.58. The summed E-state index contributed by atoms with van der Waals surface area (Å²) in [5, 5.41) is 2.27. The highest BCUT2D eigenvalue weighted by atomic mass is 79.9. The summed E-state index contributed by atoms with van der Waals surface area (Å²) in [6.07, 6.45) is 1.47. The van der Waals surface area contributed by atoms with Crippen molar-refractivity contribution in [1.29, 1.82) is 0 Å². The van der Waals surface area contributed by atoms with E-state index in [1.165, 1.54) is 11.6 Å². The van der Waals surface area contributed by atoms with Crippen LogP contribution in [0.4, 0.5) is 10.5 Å². The van der Waals surface area contributed by atoms with Gasteiger partial charge in [-0.2, -0.15) is 0 Å². The molecule has 7 heteroatoms. The van der Waals surface area contributed by atoms with E-state index in [1.54, 1.807) is 24.3 Å². The highest BCUT2D eigenvalue weighted by Gasteiger charge is 2.37. The molecular formula is C27H23BrN2O4. The van der Waals surface area contributed by atoms with Gasteiger partial charge in [0.2, 0.25) is 0 Å². The smallest absolute Gasteiger partial charge is 0.335 e. The molecule has 1 heterocycles. The molecule has 0 atom stereocenters. The maximum atomic E-state index is 13.2. The van der Waals surface area contributed by atoms with Crippen molar-refractivity contribution in [2.24, 2.45) is 0 Å². The number of carbonyl (C=O) groups excluding carboxylic acids is 3. The van der Waals surface area contributed by atoms with Gasteiger partial charge in [0.05, 0.1) is 10.2 Å². The topological polar surface area (TPSA) is 75.7 Å². The Morgan fingerprint density at radius 2 is 1.62 bits per heavy atom. The number of anilines is 1. The number of halogens is 1. The Morgan fingerprint density at radius 1 is 0.912 bits per heavy atom. The third-order valence-electron chi connectivity index (χ3n) is 5.49. The zero-order chi connectivity index (χ0) is 24.4. The number of ether oxygens (including phenoxy) is 1. The molecule has 0 aliphatic carbocycles. The van der Waals surface area contributed by atoms with Crippen LogP contribution in [0.2, 0.25) is 0 Å². The molecule has 1 aliphatic rings. The fourth-order valence-electron chi connectivity index (χ4n) is 3.57. The average Bonchev–Trinajstić information content (AvgIpc) is 2.79. The largest absolute Gasteiger partial charge is 0.488 e. The molecule has 4 amide bonds. The number of imide groups is 2. The lowest BCUT2D eigenvalue weighted by Gasteiger charge is -2.27. The number of carbonyl (C=O) groups is 3. The van der Waals surface area contributed by atoms with E-state index >= 15 is 0 Å². The standard InChI is InChI=1S/C27H23BrN2O4/c1-16-5-8-19(9-6-16)15-34-24-11-10-20(14-22(24)28)13-21-25(31)29-27(33)30(26(21)32)23-12-17(2)4-7-18(23)3/h4-14H,15H2,1-3H3,(H,29,31,33)/b21-13+. The molecular weight excluding hydrogens is 496 g/mol. The number of rotatable bonds is 5. The van der Waals surface area contributed by atoms with Gasteiger partial charge in [-0.15, -0.1) is 0 Å². The molecule has 1 fully saturated rings. The lowest BCUT2D eigenvalue weighted by Crippen LogP contribution is -2.54. The fraction of sp³-hybridized carbons (Fsp3) is 0.148. The van der Waals surface area contributed by atoms with Crippen molar-refractivity contribution in [3.8, 4) is 5.75 Å². The number of benzene rings is 3. The van der Waals surface area contributed by atoms with Gasteiger partial charge in [-0.05, 0) is 83.2 Å². The number of hydrogen-bond acceptors (Lipinski definition) is 4. The quantitative estimate of drug-likeness (QED) is 0.351. The molecule has 3 aromatic rings. The van der Waals surface area contributed by atoms with Crippen LogP contribution in [0.25, 0.3) is 6.08 Å². The van der Waals surface area contributed by atoms with E-state index in [0.29, 0.717) is 28.1 Å². The molecule has 6 nitrogen and oxygen atoms in total. The Balaban J connectivity index is 1.58. The van der Waals surface area contributed by atoms with Crippen LogP contribution in [-0.2, 0) is 16.2 Å². The molecule has 0 spiro atoms. The van der Waals surface area contributed by atoms with Crippen LogP contribution in [-0.4, -0.2) is 17.8 Å². The first-order chi connectivity index (χ1) is 16.2. The Hall–Kier alpha value is -3.71. The van der Waals surface area contributed by atoms with Crippen molar-refractivity contribution in [1.82, 2.24) is 5.32 Å². The van der Waals surface area contributed by atoms with Crippen molar-refractivity contribution < 1.29 is 19.1 Å². The molecule has 0 aromatic heterocycles. The predicted octanol–water partition coefficient (Wildman–Crippen LogP) is 5.62. The van der Waals surface area contributed by atoms with Gasteiger partial charge < -0.3 is 4.74 Å². The maximum absolute atomic E-state index is 13.2. The van der Waals surface area contributed by atoms with Crippen molar-refractivity contribution in [2.45, 2.75) is 27.4 Å². The summed E-state index contributed by atoms with van der Waals surface area (Å²) in [5.41, 5.74) is 4.81. The Labute approximate surface area is 206 Å². The summed E-state index contributed by atoms with van der Waals surface area (Å²) in [4.78, 5) is 39.2. The second-order valence-electron chi connectivity index (χ2n) is 8.21. The second kappa shape index (κ2) is 9.65. The Bertz CT molecular complexity index is 1330. The lowest BCUT2D eigenvalue weighted by molar-refractivity contribution is -0.122. The van der Waals surface area contributed by atoms with Crippen LogP contribution in [0, 0.1) is 20.8 Å². The number of amides is 4. The zero-order valence-corrected chi connectivity index (χ0v) is 20.6. The first-order valence-corrected chi connectivity index (χ1v) is 11.5. The summed E-state index contributed by atoms with van der Waals surface area (Å²) in [7, 11) is 0. The van der Waals surface area contributed by atoms with E-state index in [4.69, 9.17) is 4.74 Å². The van der Waals surface area contributed by atoms with Gasteiger partial charge in [-0.3, -0.25) is 14.9 Å². The van der Waals surface area contributed by atoms with Crippen LogP contribution < -0.4 is 15.0 Å². The fourth-order valence-corrected chi connectivity index (χ4v) is 4.08. The molecule has 1 saturated heterocycles. The molecule has 3 aromatic carbocycles. The van der Waals surface area contributed by atoms with Crippen LogP contribution in [0.1, 0.15) is 27.8 Å². The van der Waals surface area contributed by atoms with Gasteiger partial charge in [0.25, 0.3) is 11.8 Å². The molecule has 1 aliphatic heterocycles. The summed E-state index contributed by atoms with van der Waals surface area (Å²) in [6, 6.07) is 18.1. The molecule has 0 radical (unpaired) electrons. The van der Waals surface area contributed by atoms with Gasteiger partial charge in [0, 0.05) is 0 Å². The third kappa shape index (κ3) is 4.94. The minimum atomic E-state index is -0.762. The number of hydrogen-bond donors (Lipinski definition) is 1. The number of aryl methyl sites for hydroxylation is 3. The van der Waals surface area contributed by atoms with Gasteiger partial charge >= 0.3 is 6.03 Å². The Morgan fingerprint density at radius 3 is 2.32 bits per heavy atom. The third-order valence-corrected chi connectivity index (χ3v) is 6.11. The van der Waals surface area contributed by atoms with E-state index in [2.05, 4.69) is 21.2 Å². The van der Waals surface area contributed by atoms with Gasteiger partial charge in [-0.1, -0.05) is 48.0 Å². The molecule has 172 valence electrons. The number of nitrogens with zero attached hydrogens (tertiary/aromatic N) is 1. The van der Waals surface area contributed by atoms with Gasteiger partial charge in [-0.25, -0.2) is 9.69 Å². The normalized spacial score (nSPS) is 15.0. The molecule has 1 N–H and O–H groups in total. The number of barbiturate groups is 1. The first kappa shape index (κ1) is 23.4. The molecule has 0 saturated carbocycles. The molecule has 0 unspecified atom stereocenters. The van der Waals surface area contributed by atoms with Crippen LogP contribution in [0.5, 0.6) is 5.75 Å². The summed E-state index contributed by atoms with van der Waals surface area (Å²) >= 11 is 3.50. The van der Waals surface area contributed by atoms with Crippen LogP contribution >= 0.6 is 15.9 Å². The monoisotopic (exact) mass is 518 g/mol.